The molecule has 192 valence electrons. The number of hydrogen-bond acceptors (Lipinski definition) is 10. The summed E-state index contributed by atoms with van der Waals surface area (Å²) < 4.78 is 36.4. The standard InChI is InChI=1S/C23H40O10/c1-6-7-12-27-21(24)11-9-18-8-10-19(28-14-30-22(25)32-16(2)3)20(13-18)29-15-31-23(26)33-17(4)5/h16-20H,6-15H2,1-5H3. The van der Waals surface area contributed by atoms with Crippen molar-refractivity contribution in [2.24, 2.45) is 5.92 Å². The van der Waals surface area contributed by atoms with Gasteiger partial charge in [-0.3, -0.25) is 4.79 Å². The molecule has 3 unspecified atom stereocenters. The van der Waals surface area contributed by atoms with E-state index in [0.29, 0.717) is 32.3 Å². The lowest BCUT2D eigenvalue weighted by Gasteiger charge is -2.35. The van der Waals surface area contributed by atoms with Gasteiger partial charge in [0.05, 0.1) is 31.0 Å². The second kappa shape index (κ2) is 16.5. The fraction of sp³-hybridized carbons (Fsp3) is 0.870. The summed E-state index contributed by atoms with van der Waals surface area (Å²) in [5.74, 6) is 0.0270. The Hall–Kier alpha value is -2.07. The molecule has 0 aromatic heterocycles. The lowest BCUT2D eigenvalue weighted by Crippen LogP contribution is -2.39. The molecule has 10 nitrogen and oxygen atoms in total. The number of unbranched alkanes of at least 4 members (excludes halogenated alkanes) is 1. The number of rotatable bonds is 14. The second-order valence-corrected chi connectivity index (χ2v) is 8.56. The van der Waals surface area contributed by atoms with Crippen molar-refractivity contribution >= 4 is 18.3 Å². The molecule has 1 aliphatic carbocycles. The molecule has 0 bridgehead atoms. The highest BCUT2D eigenvalue weighted by Gasteiger charge is 2.33. The van der Waals surface area contributed by atoms with Gasteiger partial charge < -0.3 is 33.2 Å². The van der Waals surface area contributed by atoms with E-state index in [1.54, 1.807) is 27.7 Å². The smallest absolute Gasteiger partial charge is 0.466 e. The molecule has 0 aromatic rings. The molecule has 1 aliphatic rings. The van der Waals surface area contributed by atoms with Gasteiger partial charge in [0.25, 0.3) is 0 Å². The molecule has 1 fully saturated rings. The van der Waals surface area contributed by atoms with Crippen molar-refractivity contribution in [3.63, 3.8) is 0 Å². The van der Waals surface area contributed by atoms with Crippen LogP contribution in [0.4, 0.5) is 9.59 Å². The first kappa shape index (κ1) is 29.0. The minimum Gasteiger partial charge on any atom is -0.466 e. The number of carbonyl (C=O) groups excluding carboxylic acids is 3. The molecule has 0 aliphatic heterocycles. The number of carbonyl (C=O) groups is 3. The summed E-state index contributed by atoms with van der Waals surface area (Å²) in [4.78, 5) is 35.0. The summed E-state index contributed by atoms with van der Waals surface area (Å²) in [7, 11) is 0. The first-order chi connectivity index (χ1) is 15.7. The fourth-order valence-corrected chi connectivity index (χ4v) is 3.33. The van der Waals surface area contributed by atoms with Crippen LogP contribution in [-0.2, 0) is 38.0 Å². The summed E-state index contributed by atoms with van der Waals surface area (Å²) in [5, 5.41) is 0. The van der Waals surface area contributed by atoms with Crippen molar-refractivity contribution in [3.05, 3.63) is 0 Å². The van der Waals surface area contributed by atoms with Gasteiger partial charge in [-0.05, 0) is 65.7 Å². The van der Waals surface area contributed by atoms with Crippen molar-refractivity contribution in [2.75, 3.05) is 20.2 Å². The Morgan fingerprint density at radius 1 is 0.818 bits per heavy atom. The maximum absolute atomic E-state index is 11.9. The molecular weight excluding hydrogens is 436 g/mol. The Labute approximate surface area is 196 Å². The number of esters is 1. The van der Waals surface area contributed by atoms with E-state index in [4.69, 9.17) is 33.2 Å². The van der Waals surface area contributed by atoms with Crippen molar-refractivity contribution in [3.8, 4) is 0 Å². The molecule has 0 heterocycles. The van der Waals surface area contributed by atoms with Crippen LogP contribution in [0.5, 0.6) is 0 Å². The topological polar surface area (TPSA) is 116 Å². The minimum absolute atomic E-state index is 0.198. The molecule has 0 N–H and O–H groups in total. The van der Waals surface area contributed by atoms with Crippen LogP contribution in [-0.4, -0.2) is 62.9 Å². The van der Waals surface area contributed by atoms with E-state index >= 15 is 0 Å². The van der Waals surface area contributed by atoms with Gasteiger partial charge in [0, 0.05) is 6.42 Å². The van der Waals surface area contributed by atoms with E-state index in [1.807, 2.05) is 6.92 Å². The molecule has 0 amide bonds. The monoisotopic (exact) mass is 476 g/mol. The first-order valence-corrected chi connectivity index (χ1v) is 11.8. The lowest BCUT2D eigenvalue weighted by atomic mass is 9.82. The van der Waals surface area contributed by atoms with Gasteiger partial charge in [0.15, 0.2) is 13.6 Å². The molecule has 10 heteroatoms. The van der Waals surface area contributed by atoms with Crippen LogP contribution in [0.3, 0.4) is 0 Å². The minimum atomic E-state index is -0.815. The molecule has 0 spiro atoms. The van der Waals surface area contributed by atoms with Gasteiger partial charge in [-0.1, -0.05) is 13.3 Å². The average Bonchev–Trinajstić information content (AvgIpc) is 2.72. The van der Waals surface area contributed by atoms with Crippen LogP contribution < -0.4 is 0 Å². The molecule has 1 rings (SSSR count). The quantitative estimate of drug-likeness (QED) is 0.151. The number of hydrogen-bond donors (Lipinski definition) is 0. The van der Waals surface area contributed by atoms with Gasteiger partial charge in [0.2, 0.25) is 0 Å². The van der Waals surface area contributed by atoms with Crippen LogP contribution >= 0.6 is 0 Å². The van der Waals surface area contributed by atoms with E-state index in [-0.39, 0.29) is 43.8 Å². The Bertz CT molecular complexity index is 578. The molecule has 33 heavy (non-hydrogen) atoms. The Morgan fingerprint density at radius 3 is 1.94 bits per heavy atom. The Kier molecular flexibility index (Phi) is 14.5. The average molecular weight is 477 g/mol. The molecule has 0 aromatic carbocycles. The zero-order valence-corrected chi connectivity index (χ0v) is 20.5. The summed E-state index contributed by atoms with van der Waals surface area (Å²) in [6, 6.07) is 0. The summed E-state index contributed by atoms with van der Waals surface area (Å²) in [5.41, 5.74) is 0. The molecular formula is C23H40O10. The van der Waals surface area contributed by atoms with E-state index < -0.39 is 18.4 Å². The highest BCUT2D eigenvalue weighted by molar-refractivity contribution is 5.69. The van der Waals surface area contributed by atoms with Gasteiger partial charge in [-0.15, -0.1) is 0 Å². The predicted octanol–water partition coefficient (Wildman–Crippen LogP) is 4.72. The van der Waals surface area contributed by atoms with Crippen LogP contribution in [0, 0.1) is 5.92 Å². The third kappa shape index (κ3) is 13.9. The molecule has 0 saturated heterocycles. The highest BCUT2D eigenvalue weighted by atomic mass is 16.8. The zero-order valence-electron chi connectivity index (χ0n) is 20.5. The predicted molar refractivity (Wildman–Crippen MR) is 117 cm³/mol. The zero-order chi connectivity index (χ0) is 24.6. The third-order valence-corrected chi connectivity index (χ3v) is 4.94. The Morgan fingerprint density at radius 2 is 1.39 bits per heavy atom. The maximum atomic E-state index is 11.9. The Balaban J connectivity index is 2.52. The van der Waals surface area contributed by atoms with Crippen LogP contribution in [0.1, 0.15) is 79.6 Å². The van der Waals surface area contributed by atoms with E-state index in [9.17, 15) is 14.4 Å². The fourth-order valence-electron chi connectivity index (χ4n) is 3.33. The lowest BCUT2D eigenvalue weighted by molar-refractivity contribution is -0.173. The van der Waals surface area contributed by atoms with Crippen molar-refractivity contribution in [2.45, 2.75) is 104 Å². The molecule has 1 saturated carbocycles. The largest absolute Gasteiger partial charge is 0.510 e. The van der Waals surface area contributed by atoms with Gasteiger partial charge in [-0.25, -0.2) is 9.59 Å². The van der Waals surface area contributed by atoms with E-state index in [1.165, 1.54) is 0 Å². The van der Waals surface area contributed by atoms with Crippen molar-refractivity contribution in [1.82, 2.24) is 0 Å². The normalized spacial score (nSPS) is 20.4. The number of ether oxygens (including phenoxy) is 7. The maximum Gasteiger partial charge on any atom is 0.510 e. The SMILES string of the molecule is CCCCOC(=O)CCC1CCC(OCOC(=O)OC(C)C)C(OCOC(=O)OC(C)C)C1. The van der Waals surface area contributed by atoms with E-state index in [2.05, 4.69) is 0 Å². The van der Waals surface area contributed by atoms with Crippen LogP contribution in [0.15, 0.2) is 0 Å². The summed E-state index contributed by atoms with van der Waals surface area (Å²) in [6.45, 7) is 8.79. The van der Waals surface area contributed by atoms with Crippen molar-refractivity contribution < 1.29 is 47.5 Å². The molecule has 3 atom stereocenters. The summed E-state index contributed by atoms with van der Waals surface area (Å²) >= 11 is 0. The van der Waals surface area contributed by atoms with Gasteiger partial charge >= 0.3 is 18.3 Å². The highest BCUT2D eigenvalue weighted by Crippen LogP contribution is 2.32. The van der Waals surface area contributed by atoms with Crippen LogP contribution in [0.25, 0.3) is 0 Å². The second-order valence-electron chi connectivity index (χ2n) is 8.56. The van der Waals surface area contributed by atoms with Gasteiger partial charge in [0.1, 0.15) is 0 Å². The first-order valence-electron chi connectivity index (χ1n) is 11.8. The molecule has 0 radical (unpaired) electrons. The van der Waals surface area contributed by atoms with E-state index in [0.717, 1.165) is 19.3 Å². The summed E-state index contributed by atoms with van der Waals surface area (Å²) in [6.07, 6.45) is 1.92. The third-order valence-electron chi connectivity index (χ3n) is 4.94. The van der Waals surface area contributed by atoms with Gasteiger partial charge in [-0.2, -0.15) is 0 Å². The van der Waals surface area contributed by atoms with Crippen LogP contribution in [0.2, 0.25) is 0 Å². The van der Waals surface area contributed by atoms with Crippen molar-refractivity contribution in [1.29, 1.82) is 0 Å².